The fourth-order valence-electron chi connectivity index (χ4n) is 1.29. The number of anilines is 1. The SMILES string of the molecule is Clc1cnnc(Cl)c1NCc1ccccc1. The van der Waals surface area contributed by atoms with Crippen LogP contribution in [0.25, 0.3) is 0 Å². The highest BCUT2D eigenvalue weighted by Gasteiger charge is 2.06. The number of nitrogens with one attached hydrogen (secondary N) is 1. The van der Waals surface area contributed by atoms with Crippen LogP contribution in [-0.4, -0.2) is 10.2 Å². The van der Waals surface area contributed by atoms with Gasteiger partial charge in [-0.2, -0.15) is 5.10 Å². The number of hydrogen-bond acceptors (Lipinski definition) is 3. The van der Waals surface area contributed by atoms with Crippen LogP contribution in [-0.2, 0) is 6.54 Å². The van der Waals surface area contributed by atoms with Gasteiger partial charge in [-0.25, -0.2) is 0 Å². The van der Waals surface area contributed by atoms with Crippen LogP contribution in [0, 0.1) is 0 Å². The standard InChI is InChI=1S/C11H9Cl2N3/c12-9-7-15-16-11(13)10(9)14-6-8-4-2-1-3-5-8/h1-5,7H,6H2,(H,14,15). The molecule has 0 bridgehead atoms. The minimum absolute atomic E-state index is 0.281. The number of hydrogen-bond donors (Lipinski definition) is 1. The van der Waals surface area contributed by atoms with Crippen molar-refractivity contribution >= 4 is 28.9 Å². The predicted octanol–water partition coefficient (Wildman–Crippen LogP) is 3.40. The minimum atomic E-state index is 0.281. The first-order chi connectivity index (χ1) is 7.77. The number of halogens is 2. The van der Waals surface area contributed by atoms with Crippen LogP contribution < -0.4 is 5.32 Å². The van der Waals surface area contributed by atoms with Crippen molar-refractivity contribution in [3.05, 3.63) is 52.3 Å². The highest BCUT2D eigenvalue weighted by Crippen LogP contribution is 2.27. The Morgan fingerprint density at radius 2 is 1.88 bits per heavy atom. The molecule has 0 aliphatic carbocycles. The van der Waals surface area contributed by atoms with Crippen molar-refractivity contribution in [3.8, 4) is 0 Å². The summed E-state index contributed by atoms with van der Waals surface area (Å²) in [5, 5.41) is 11.2. The van der Waals surface area contributed by atoms with Crippen LogP contribution in [0.1, 0.15) is 5.56 Å². The van der Waals surface area contributed by atoms with Crippen molar-refractivity contribution in [3.63, 3.8) is 0 Å². The van der Waals surface area contributed by atoms with E-state index in [1.807, 2.05) is 30.3 Å². The summed E-state index contributed by atoms with van der Waals surface area (Å²) in [6, 6.07) is 9.96. The molecule has 16 heavy (non-hydrogen) atoms. The van der Waals surface area contributed by atoms with Gasteiger partial charge in [-0.05, 0) is 5.56 Å². The third kappa shape index (κ3) is 2.62. The molecule has 0 spiro atoms. The maximum Gasteiger partial charge on any atom is 0.176 e. The normalized spacial score (nSPS) is 10.1. The Morgan fingerprint density at radius 3 is 2.56 bits per heavy atom. The van der Waals surface area contributed by atoms with Crippen LogP contribution in [0.15, 0.2) is 36.5 Å². The molecule has 2 aromatic rings. The molecule has 1 aromatic carbocycles. The fraction of sp³-hybridized carbons (Fsp3) is 0.0909. The summed E-state index contributed by atoms with van der Waals surface area (Å²) in [4.78, 5) is 0. The lowest BCUT2D eigenvalue weighted by atomic mass is 10.2. The van der Waals surface area contributed by atoms with Crippen LogP contribution in [0.2, 0.25) is 10.2 Å². The highest BCUT2D eigenvalue weighted by molar-refractivity contribution is 6.38. The zero-order valence-corrected chi connectivity index (χ0v) is 9.83. The van der Waals surface area contributed by atoms with Crippen LogP contribution >= 0.6 is 23.2 Å². The molecule has 0 saturated carbocycles. The van der Waals surface area contributed by atoms with Gasteiger partial charge in [-0.3, -0.25) is 0 Å². The maximum atomic E-state index is 5.95. The Kier molecular flexibility index (Phi) is 3.59. The van der Waals surface area contributed by atoms with Gasteiger partial charge in [0.1, 0.15) is 0 Å². The zero-order chi connectivity index (χ0) is 11.4. The Bertz CT molecular complexity index is 454. The van der Waals surface area contributed by atoms with Gasteiger partial charge in [0, 0.05) is 6.54 Å². The summed E-state index contributed by atoms with van der Waals surface area (Å²) in [6.07, 6.45) is 1.46. The smallest absolute Gasteiger partial charge is 0.176 e. The molecule has 1 N–H and O–H groups in total. The average Bonchev–Trinajstić information content (AvgIpc) is 2.30. The van der Waals surface area contributed by atoms with E-state index in [9.17, 15) is 0 Å². The summed E-state index contributed by atoms with van der Waals surface area (Å²) < 4.78 is 0. The lowest BCUT2D eigenvalue weighted by molar-refractivity contribution is 1.02. The lowest BCUT2D eigenvalue weighted by Crippen LogP contribution is -2.01. The maximum absolute atomic E-state index is 5.95. The molecule has 0 aliphatic heterocycles. The summed E-state index contributed by atoms with van der Waals surface area (Å²) >= 11 is 11.8. The first kappa shape index (κ1) is 11.2. The van der Waals surface area contributed by atoms with E-state index < -0.39 is 0 Å². The third-order valence-electron chi connectivity index (χ3n) is 2.07. The molecule has 0 unspecified atom stereocenters. The molecular formula is C11H9Cl2N3. The molecule has 0 atom stereocenters. The second-order valence-corrected chi connectivity index (χ2v) is 3.96. The Morgan fingerprint density at radius 1 is 1.12 bits per heavy atom. The van der Waals surface area contributed by atoms with E-state index in [2.05, 4.69) is 15.5 Å². The lowest BCUT2D eigenvalue weighted by Gasteiger charge is -2.08. The van der Waals surface area contributed by atoms with Crippen molar-refractivity contribution in [2.24, 2.45) is 0 Å². The first-order valence-electron chi connectivity index (χ1n) is 4.72. The number of benzene rings is 1. The van der Waals surface area contributed by atoms with Crippen molar-refractivity contribution < 1.29 is 0 Å². The van der Waals surface area contributed by atoms with Crippen molar-refractivity contribution in [2.45, 2.75) is 6.54 Å². The monoisotopic (exact) mass is 253 g/mol. The van der Waals surface area contributed by atoms with Crippen LogP contribution in [0.4, 0.5) is 5.69 Å². The molecule has 82 valence electrons. The molecule has 2 rings (SSSR count). The number of aromatic nitrogens is 2. The number of nitrogens with zero attached hydrogens (tertiary/aromatic N) is 2. The van der Waals surface area contributed by atoms with Crippen LogP contribution in [0.5, 0.6) is 0 Å². The molecule has 0 radical (unpaired) electrons. The van der Waals surface area contributed by atoms with Crippen LogP contribution in [0.3, 0.4) is 0 Å². The average molecular weight is 254 g/mol. The second kappa shape index (κ2) is 5.14. The van der Waals surface area contributed by atoms with E-state index in [4.69, 9.17) is 23.2 Å². The zero-order valence-electron chi connectivity index (χ0n) is 8.32. The van der Waals surface area contributed by atoms with Gasteiger partial charge in [0.05, 0.1) is 16.9 Å². The van der Waals surface area contributed by atoms with E-state index in [1.165, 1.54) is 6.20 Å². The van der Waals surface area contributed by atoms with E-state index >= 15 is 0 Å². The quantitative estimate of drug-likeness (QED) is 0.912. The van der Waals surface area contributed by atoms with E-state index in [-0.39, 0.29) is 5.15 Å². The van der Waals surface area contributed by atoms with Crippen molar-refractivity contribution in [1.82, 2.24) is 10.2 Å². The molecule has 5 heteroatoms. The van der Waals surface area contributed by atoms with Crippen molar-refractivity contribution in [2.75, 3.05) is 5.32 Å². The number of rotatable bonds is 3. The molecule has 0 fully saturated rings. The molecule has 1 heterocycles. The molecular weight excluding hydrogens is 245 g/mol. The summed E-state index contributed by atoms with van der Waals surface area (Å²) in [5.41, 5.74) is 1.76. The van der Waals surface area contributed by atoms with Gasteiger partial charge in [0.2, 0.25) is 0 Å². The van der Waals surface area contributed by atoms with E-state index in [0.29, 0.717) is 17.3 Å². The summed E-state index contributed by atoms with van der Waals surface area (Å²) in [7, 11) is 0. The summed E-state index contributed by atoms with van der Waals surface area (Å²) in [5.74, 6) is 0. The van der Waals surface area contributed by atoms with Gasteiger partial charge in [0.15, 0.2) is 5.15 Å². The minimum Gasteiger partial charge on any atom is -0.377 e. The molecule has 0 aliphatic rings. The third-order valence-corrected chi connectivity index (χ3v) is 2.62. The van der Waals surface area contributed by atoms with Gasteiger partial charge in [-0.15, -0.1) is 5.10 Å². The van der Waals surface area contributed by atoms with Gasteiger partial charge in [-0.1, -0.05) is 53.5 Å². The summed E-state index contributed by atoms with van der Waals surface area (Å²) in [6.45, 7) is 0.645. The molecule has 0 amide bonds. The molecule has 1 aromatic heterocycles. The van der Waals surface area contributed by atoms with Crippen molar-refractivity contribution in [1.29, 1.82) is 0 Å². The first-order valence-corrected chi connectivity index (χ1v) is 5.47. The van der Waals surface area contributed by atoms with Gasteiger partial charge in [0.25, 0.3) is 0 Å². The largest absolute Gasteiger partial charge is 0.377 e. The Hall–Kier alpha value is -1.32. The second-order valence-electron chi connectivity index (χ2n) is 3.20. The van der Waals surface area contributed by atoms with Gasteiger partial charge >= 0.3 is 0 Å². The van der Waals surface area contributed by atoms with E-state index in [1.54, 1.807) is 0 Å². The Balaban J connectivity index is 2.11. The molecule has 3 nitrogen and oxygen atoms in total. The fourth-order valence-corrected chi connectivity index (χ4v) is 1.75. The highest BCUT2D eigenvalue weighted by atomic mass is 35.5. The predicted molar refractivity (Wildman–Crippen MR) is 65.8 cm³/mol. The van der Waals surface area contributed by atoms with Gasteiger partial charge < -0.3 is 5.32 Å². The molecule has 0 saturated heterocycles. The topological polar surface area (TPSA) is 37.8 Å². The Labute approximate surface area is 103 Å². The van der Waals surface area contributed by atoms with E-state index in [0.717, 1.165) is 5.56 Å².